The maximum absolute atomic E-state index is 11.9. The fourth-order valence-electron chi connectivity index (χ4n) is 2.97. The second-order valence-electron chi connectivity index (χ2n) is 5.23. The predicted molar refractivity (Wildman–Crippen MR) is 73.2 cm³/mol. The van der Waals surface area contributed by atoms with Crippen LogP contribution in [0.4, 0.5) is 0 Å². The van der Waals surface area contributed by atoms with Gasteiger partial charge in [0.1, 0.15) is 18.0 Å². The average molecular weight is 347 g/mol. The molecule has 0 radical (unpaired) electrons. The van der Waals surface area contributed by atoms with Crippen LogP contribution >= 0.6 is 0 Å². The number of aliphatic hydroxyl groups is 2. The number of benzene rings is 1. The highest BCUT2D eigenvalue weighted by atomic mass is 32.2. The van der Waals surface area contributed by atoms with E-state index in [1.807, 2.05) is 0 Å². The predicted octanol–water partition coefficient (Wildman–Crippen LogP) is -0.847. The lowest BCUT2D eigenvalue weighted by atomic mass is 9.87. The first kappa shape index (κ1) is 16.2. The molecule has 0 aliphatic carbocycles. The summed E-state index contributed by atoms with van der Waals surface area (Å²) < 4.78 is 32.1. The molecule has 0 aromatic heterocycles. The number of hydrogen-bond donors (Lipinski definition) is 3. The van der Waals surface area contributed by atoms with E-state index in [2.05, 4.69) is 4.84 Å². The van der Waals surface area contributed by atoms with Gasteiger partial charge in [-0.05, 0) is 17.7 Å². The molecule has 0 saturated carbocycles. The standard InChI is InChI=1S/C12H13NO9S/c14-9-5-21-12(23(18)19)10(9)20-6-11(12,15)7-1-3-8(4-2-7)22-13(16)17/h1-4,9-10,14-15H,5-6H2,(H,18,19)/t9-,10-,11+,12-/m1/s1. The van der Waals surface area contributed by atoms with Gasteiger partial charge in [-0.2, -0.15) is 0 Å². The summed E-state index contributed by atoms with van der Waals surface area (Å²) in [5.41, 5.74) is -1.87. The Bertz CT molecular complexity index is 652. The first-order chi connectivity index (χ1) is 10.8. The average Bonchev–Trinajstić information content (AvgIpc) is 2.98. The zero-order valence-electron chi connectivity index (χ0n) is 11.5. The van der Waals surface area contributed by atoms with Crippen LogP contribution in [0, 0.1) is 10.1 Å². The molecule has 2 heterocycles. The highest BCUT2D eigenvalue weighted by Gasteiger charge is 2.72. The number of ether oxygens (including phenoxy) is 2. The van der Waals surface area contributed by atoms with Gasteiger partial charge in [0.05, 0.1) is 13.2 Å². The quantitative estimate of drug-likeness (QED) is 0.360. The Labute approximate surface area is 132 Å². The Morgan fingerprint density at radius 3 is 2.61 bits per heavy atom. The summed E-state index contributed by atoms with van der Waals surface area (Å²) in [7, 11) is 0. The van der Waals surface area contributed by atoms with E-state index in [0.717, 1.165) is 0 Å². The molecule has 3 N–H and O–H groups in total. The van der Waals surface area contributed by atoms with Crippen molar-refractivity contribution in [1.82, 2.24) is 0 Å². The van der Waals surface area contributed by atoms with Crippen LogP contribution in [-0.2, 0) is 26.2 Å². The molecule has 1 aromatic carbocycles. The monoisotopic (exact) mass is 347 g/mol. The normalized spacial score (nSPS) is 37.3. The summed E-state index contributed by atoms with van der Waals surface area (Å²) in [6, 6.07) is 5.05. The minimum Gasteiger partial charge on any atom is -0.388 e. The largest absolute Gasteiger partial charge is 0.388 e. The molecule has 23 heavy (non-hydrogen) atoms. The number of rotatable bonds is 4. The van der Waals surface area contributed by atoms with Crippen molar-refractivity contribution in [2.24, 2.45) is 0 Å². The number of nitrogens with zero attached hydrogens (tertiary/aromatic N) is 1. The fourth-order valence-corrected chi connectivity index (χ4v) is 4.03. The van der Waals surface area contributed by atoms with Gasteiger partial charge in [0.25, 0.3) is 5.09 Å². The minimum atomic E-state index is -2.67. The topological polar surface area (TPSA) is 149 Å². The van der Waals surface area contributed by atoms with Crippen LogP contribution in [0.2, 0.25) is 0 Å². The molecule has 5 atom stereocenters. The molecule has 126 valence electrons. The van der Waals surface area contributed by atoms with E-state index in [1.54, 1.807) is 0 Å². The molecular formula is C12H13NO9S. The second-order valence-corrected chi connectivity index (χ2v) is 6.33. The molecule has 1 aromatic rings. The van der Waals surface area contributed by atoms with Gasteiger partial charge >= 0.3 is 0 Å². The third-order valence-corrected chi connectivity index (χ3v) is 5.22. The van der Waals surface area contributed by atoms with Gasteiger partial charge in [-0.1, -0.05) is 12.1 Å². The fraction of sp³-hybridized carbons (Fsp3) is 0.500. The molecule has 0 spiro atoms. The molecule has 1 unspecified atom stereocenters. The van der Waals surface area contributed by atoms with E-state index in [9.17, 15) is 29.1 Å². The molecule has 0 amide bonds. The van der Waals surface area contributed by atoms with Crippen LogP contribution in [0.15, 0.2) is 24.3 Å². The number of fused-ring (bicyclic) bond motifs is 1. The summed E-state index contributed by atoms with van der Waals surface area (Å²) in [5.74, 6) is -0.0793. The molecular weight excluding hydrogens is 334 g/mol. The molecule has 2 saturated heterocycles. The van der Waals surface area contributed by atoms with Crippen molar-refractivity contribution < 1.29 is 38.4 Å². The van der Waals surface area contributed by atoms with Crippen molar-refractivity contribution in [3.63, 3.8) is 0 Å². The van der Waals surface area contributed by atoms with Crippen LogP contribution in [0.25, 0.3) is 0 Å². The zero-order chi connectivity index (χ0) is 16.8. The lowest BCUT2D eigenvalue weighted by molar-refractivity contribution is -0.711. The van der Waals surface area contributed by atoms with Crippen molar-refractivity contribution in [3.05, 3.63) is 39.9 Å². The summed E-state index contributed by atoms with van der Waals surface area (Å²) in [6.45, 7) is -0.641. The Morgan fingerprint density at radius 1 is 1.39 bits per heavy atom. The highest BCUT2D eigenvalue weighted by molar-refractivity contribution is 7.80. The summed E-state index contributed by atoms with van der Waals surface area (Å²) in [6.07, 6.45) is -2.33. The van der Waals surface area contributed by atoms with Crippen LogP contribution in [-0.4, -0.2) is 54.4 Å². The lowest BCUT2D eigenvalue weighted by Crippen LogP contribution is -2.57. The SMILES string of the molecule is O=[N+]([O-])Oc1ccc([C@@]2(O)CO[C@@H]3[C@H](O)CO[C@@]32S(=O)O)cc1. The van der Waals surface area contributed by atoms with Crippen LogP contribution in [0.1, 0.15) is 5.56 Å². The van der Waals surface area contributed by atoms with Crippen molar-refractivity contribution in [2.45, 2.75) is 22.7 Å². The number of aliphatic hydroxyl groups excluding tert-OH is 1. The Hall–Kier alpha value is -1.63. The Balaban J connectivity index is 2.00. The minimum absolute atomic E-state index is 0.0793. The maximum Gasteiger partial charge on any atom is 0.299 e. The Kier molecular flexibility index (Phi) is 3.86. The number of hydrogen-bond acceptors (Lipinski definition) is 8. The van der Waals surface area contributed by atoms with E-state index in [4.69, 9.17) is 9.47 Å². The van der Waals surface area contributed by atoms with E-state index in [1.165, 1.54) is 24.3 Å². The van der Waals surface area contributed by atoms with Gasteiger partial charge in [-0.25, -0.2) is 4.21 Å². The van der Waals surface area contributed by atoms with Crippen LogP contribution < -0.4 is 4.84 Å². The molecule has 2 aliphatic rings. The molecule has 10 nitrogen and oxygen atoms in total. The van der Waals surface area contributed by atoms with Crippen molar-refractivity contribution in [3.8, 4) is 5.75 Å². The first-order valence-electron chi connectivity index (χ1n) is 6.51. The maximum atomic E-state index is 11.9. The molecule has 0 bridgehead atoms. The third kappa shape index (κ3) is 2.24. The zero-order valence-corrected chi connectivity index (χ0v) is 12.3. The van der Waals surface area contributed by atoms with E-state index >= 15 is 0 Å². The molecule has 2 fully saturated rings. The second kappa shape index (κ2) is 5.47. The van der Waals surface area contributed by atoms with Crippen molar-refractivity contribution in [1.29, 1.82) is 0 Å². The lowest BCUT2D eigenvalue weighted by Gasteiger charge is -2.36. The van der Waals surface area contributed by atoms with E-state index in [0.29, 0.717) is 0 Å². The van der Waals surface area contributed by atoms with Gasteiger partial charge in [-0.15, -0.1) is 10.1 Å². The van der Waals surface area contributed by atoms with Gasteiger partial charge in [-0.3, -0.25) is 4.84 Å². The highest BCUT2D eigenvalue weighted by Crippen LogP contribution is 2.51. The van der Waals surface area contributed by atoms with Gasteiger partial charge in [0, 0.05) is 0 Å². The van der Waals surface area contributed by atoms with Gasteiger partial charge in [0.15, 0.2) is 16.7 Å². The molecule has 2 aliphatic heterocycles. The summed E-state index contributed by atoms with van der Waals surface area (Å²) in [5, 5.41) is 30.1. The third-order valence-electron chi connectivity index (χ3n) is 4.01. The van der Waals surface area contributed by atoms with Crippen LogP contribution in [0.5, 0.6) is 5.75 Å². The Morgan fingerprint density at radius 2 is 2.04 bits per heavy atom. The smallest absolute Gasteiger partial charge is 0.299 e. The van der Waals surface area contributed by atoms with E-state index in [-0.39, 0.29) is 24.5 Å². The summed E-state index contributed by atoms with van der Waals surface area (Å²) >= 11 is -2.67. The van der Waals surface area contributed by atoms with Crippen molar-refractivity contribution in [2.75, 3.05) is 13.2 Å². The summed E-state index contributed by atoms with van der Waals surface area (Å²) in [4.78, 5) is 12.5. The first-order valence-corrected chi connectivity index (χ1v) is 7.62. The van der Waals surface area contributed by atoms with Crippen LogP contribution in [0.3, 0.4) is 0 Å². The van der Waals surface area contributed by atoms with Gasteiger partial charge in [0.2, 0.25) is 4.93 Å². The van der Waals surface area contributed by atoms with Gasteiger partial charge < -0.3 is 24.2 Å². The molecule has 3 rings (SSSR count). The van der Waals surface area contributed by atoms with E-state index < -0.39 is 38.9 Å². The van der Waals surface area contributed by atoms with Crippen molar-refractivity contribution >= 4 is 11.1 Å². The molecule has 11 heteroatoms.